The van der Waals surface area contributed by atoms with E-state index in [2.05, 4.69) is 16.4 Å². The molecule has 5 rings (SSSR count). The number of aromatic nitrogens is 1. The Morgan fingerprint density at radius 1 is 1.11 bits per heavy atom. The maximum Gasteiger partial charge on any atom is 0.252 e. The van der Waals surface area contributed by atoms with Crippen LogP contribution in [-0.4, -0.2) is 41.9 Å². The predicted octanol–water partition coefficient (Wildman–Crippen LogP) is 2.50. The van der Waals surface area contributed by atoms with Gasteiger partial charge in [0, 0.05) is 28.9 Å². The van der Waals surface area contributed by atoms with Gasteiger partial charge in [0.2, 0.25) is 5.91 Å². The average molecular weight is 375 g/mol. The molecule has 2 amide bonds. The van der Waals surface area contributed by atoms with Gasteiger partial charge in [-0.05, 0) is 24.6 Å². The quantitative estimate of drug-likeness (QED) is 0.723. The van der Waals surface area contributed by atoms with Gasteiger partial charge in [0.15, 0.2) is 5.54 Å². The highest BCUT2D eigenvalue weighted by molar-refractivity contribution is 6.01. The molecule has 2 aromatic carbocycles. The molecular weight excluding hydrogens is 354 g/mol. The summed E-state index contributed by atoms with van der Waals surface area (Å²) < 4.78 is 5.62. The van der Waals surface area contributed by atoms with Gasteiger partial charge in [-0.1, -0.05) is 36.4 Å². The summed E-state index contributed by atoms with van der Waals surface area (Å²) in [4.78, 5) is 30.9. The van der Waals surface area contributed by atoms with Crippen LogP contribution in [0.15, 0.2) is 48.5 Å². The number of piperazine rings is 1. The number of hydrogen-bond acceptors (Lipinski definition) is 3. The molecule has 0 saturated carbocycles. The van der Waals surface area contributed by atoms with Crippen molar-refractivity contribution in [3.63, 3.8) is 0 Å². The smallest absolute Gasteiger partial charge is 0.252 e. The molecule has 28 heavy (non-hydrogen) atoms. The van der Waals surface area contributed by atoms with Gasteiger partial charge in [-0.3, -0.25) is 9.59 Å². The molecule has 0 aliphatic carbocycles. The minimum Gasteiger partial charge on any atom is -0.496 e. The number of hydrogen-bond donors (Lipinski definition) is 2. The van der Waals surface area contributed by atoms with Crippen LogP contribution in [0.3, 0.4) is 0 Å². The molecule has 2 unspecified atom stereocenters. The number of ether oxygens (including phenoxy) is 1. The van der Waals surface area contributed by atoms with E-state index in [0.29, 0.717) is 6.54 Å². The van der Waals surface area contributed by atoms with Crippen LogP contribution in [0.4, 0.5) is 0 Å². The van der Waals surface area contributed by atoms with Crippen molar-refractivity contribution in [2.45, 2.75) is 18.4 Å². The molecule has 6 heteroatoms. The van der Waals surface area contributed by atoms with E-state index in [1.807, 2.05) is 49.4 Å². The number of carbonyl (C=O) groups excluding carboxylic acids is 2. The molecule has 1 fully saturated rings. The Bertz CT molecular complexity index is 1120. The lowest BCUT2D eigenvalue weighted by molar-refractivity contribution is -0.154. The SMILES string of the molecule is COc1ccccc1C1CN2C(=O)CNC(=O)C2(C)c2[nH]c3ccccc3c21. The summed E-state index contributed by atoms with van der Waals surface area (Å²) in [6.45, 7) is 2.28. The van der Waals surface area contributed by atoms with E-state index in [9.17, 15) is 9.59 Å². The normalized spacial score (nSPS) is 23.9. The number of methoxy groups -OCH3 is 1. The molecule has 0 radical (unpaired) electrons. The Hall–Kier alpha value is -3.28. The number of nitrogens with zero attached hydrogens (tertiary/aromatic N) is 1. The fraction of sp³-hybridized carbons (Fsp3) is 0.273. The largest absolute Gasteiger partial charge is 0.496 e. The first kappa shape index (κ1) is 16.9. The van der Waals surface area contributed by atoms with Crippen molar-refractivity contribution in [2.75, 3.05) is 20.2 Å². The Kier molecular flexibility index (Phi) is 3.53. The number of aromatic amines is 1. The molecule has 1 saturated heterocycles. The molecule has 3 aromatic rings. The first-order chi connectivity index (χ1) is 13.6. The lowest BCUT2D eigenvalue weighted by atomic mass is 9.76. The van der Waals surface area contributed by atoms with E-state index in [-0.39, 0.29) is 24.3 Å². The van der Waals surface area contributed by atoms with Crippen molar-refractivity contribution >= 4 is 22.7 Å². The van der Waals surface area contributed by atoms with Crippen LogP contribution in [-0.2, 0) is 15.1 Å². The highest BCUT2D eigenvalue weighted by Gasteiger charge is 2.54. The third-order valence-electron chi connectivity index (χ3n) is 6.14. The van der Waals surface area contributed by atoms with Gasteiger partial charge in [-0.2, -0.15) is 0 Å². The zero-order valence-electron chi connectivity index (χ0n) is 15.8. The van der Waals surface area contributed by atoms with Crippen LogP contribution in [0, 0.1) is 0 Å². The average Bonchev–Trinajstić information content (AvgIpc) is 3.12. The number of benzene rings is 2. The minimum atomic E-state index is -1.05. The summed E-state index contributed by atoms with van der Waals surface area (Å²) in [6, 6.07) is 15.9. The molecule has 2 aliphatic heterocycles. The Balaban J connectivity index is 1.83. The Labute approximate surface area is 162 Å². The number of fused-ring (bicyclic) bond motifs is 5. The first-order valence-corrected chi connectivity index (χ1v) is 9.38. The lowest BCUT2D eigenvalue weighted by Gasteiger charge is -2.48. The number of carbonyl (C=O) groups is 2. The summed E-state index contributed by atoms with van der Waals surface area (Å²) in [5.41, 5.74) is 2.76. The molecule has 142 valence electrons. The van der Waals surface area contributed by atoms with E-state index in [1.54, 1.807) is 12.0 Å². The molecule has 2 atom stereocenters. The van der Waals surface area contributed by atoms with Crippen molar-refractivity contribution in [3.05, 3.63) is 65.4 Å². The molecule has 2 N–H and O–H groups in total. The van der Waals surface area contributed by atoms with Crippen molar-refractivity contribution in [3.8, 4) is 5.75 Å². The Morgan fingerprint density at radius 3 is 2.68 bits per heavy atom. The standard InChI is InChI=1S/C22H21N3O3/c1-22-20-19(14-8-3-5-9-16(14)24-20)15(13-7-4-6-10-17(13)28-2)12-25(22)18(26)11-23-21(22)27/h3-10,15,24H,11-12H2,1-2H3,(H,23,27). The zero-order chi connectivity index (χ0) is 19.5. The number of nitrogens with one attached hydrogen (secondary N) is 2. The molecule has 3 heterocycles. The molecule has 0 bridgehead atoms. The molecular formula is C22H21N3O3. The van der Waals surface area contributed by atoms with Crippen LogP contribution in [0.25, 0.3) is 10.9 Å². The van der Waals surface area contributed by atoms with Gasteiger partial charge >= 0.3 is 0 Å². The maximum atomic E-state index is 13.0. The monoisotopic (exact) mass is 375 g/mol. The van der Waals surface area contributed by atoms with E-state index in [4.69, 9.17) is 4.74 Å². The zero-order valence-corrected chi connectivity index (χ0v) is 15.8. The van der Waals surface area contributed by atoms with Crippen LogP contribution in [0.1, 0.15) is 29.7 Å². The summed E-state index contributed by atoms with van der Waals surface area (Å²) >= 11 is 0. The number of rotatable bonds is 2. The van der Waals surface area contributed by atoms with Crippen LogP contribution in [0.5, 0.6) is 5.75 Å². The summed E-state index contributed by atoms with van der Waals surface area (Å²) in [7, 11) is 1.65. The van der Waals surface area contributed by atoms with Crippen LogP contribution < -0.4 is 10.1 Å². The van der Waals surface area contributed by atoms with Gasteiger partial charge in [-0.25, -0.2) is 0 Å². The van der Waals surface area contributed by atoms with E-state index < -0.39 is 5.54 Å². The fourth-order valence-electron chi connectivity index (χ4n) is 4.72. The number of amides is 2. The summed E-state index contributed by atoms with van der Waals surface area (Å²) in [5, 5.41) is 3.83. The minimum absolute atomic E-state index is 0.0304. The maximum absolute atomic E-state index is 13.0. The second-order valence-corrected chi connectivity index (χ2v) is 7.51. The fourth-order valence-corrected chi connectivity index (χ4v) is 4.72. The van der Waals surface area contributed by atoms with Crippen molar-refractivity contribution in [2.24, 2.45) is 0 Å². The van der Waals surface area contributed by atoms with Crippen molar-refractivity contribution < 1.29 is 14.3 Å². The lowest BCUT2D eigenvalue weighted by Crippen LogP contribution is -2.66. The predicted molar refractivity (Wildman–Crippen MR) is 105 cm³/mol. The molecule has 6 nitrogen and oxygen atoms in total. The van der Waals surface area contributed by atoms with Crippen LogP contribution in [0.2, 0.25) is 0 Å². The molecule has 1 aromatic heterocycles. The van der Waals surface area contributed by atoms with Crippen LogP contribution >= 0.6 is 0 Å². The highest BCUT2D eigenvalue weighted by atomic mass is 16.5. The molecule has 0 spiro atoms. The van der Waals surface area contributed by atoms with Gasteiger partial charge < -0.3 is 19.9 Å². The second-order valence-electron chi connectivity index (χ2n) is 7.51. The summed E-state index contributed by atoms with van der Waals surface area (Å²) in [5.74, 6) is 0.455. The van der Waals surface area contributed by atoms with Gasteiger partial charge in [0.1, 0.15) is 5.75 Å². The third kappa shape index (κ3) is 2.08. The van der Waals surface area contributed by atoms with E-state index in [0.717, 1.165) is 33.5 Å². The topological polar surface area (TPSA) is 74.4 Å². The van der Waals surface area contributed by atoms with E-state index >= 15 is 0 Å². The van der Waals surface area contributed by atoms with Gasteiger partial charge in [0.05, 0.1) is 19.3 Å². The Morgan fingerprint density at radius 2 is 1.86 bits per heavy atom. The first-order valence-electron chi connectivity index (χ1n) is 9.38. The number of H-pyrrole nitrogens is 1. The molecule has 2 aliphatic rings. The number of para-hydroxylation sites is 2. The summed E-state index contributed by atoms with van der Waals surface area (Å²) in [6.07, 6.45) is 0. The highest BCUT2D eigenvalue weighted by Crippen LogP contribution is 2.48. The van der Waals surface area contributed by atoms with Crippen molar-refractivity contribution in [1.29, 1.82) is 0 Å². The van der Waals surface area contributed by atoms with E-state index in [1.165, 1.54) is 0 Å². The second kappa shape index (κ2) is 5.86. The third-order valence-corrected chi connectivity index (χ3v) is 6.14. The van der Waals surface area contributed by atoms with Gasteiger partial charge in [0.25, 0.3) is 5.91 Å². The van der Waals surface area contributed by atoms with Crippen molar-refractivity contribution in [1.82, 2.24) is 15.2 Å². The van der Waals surface area contributed by atoms with Gasteiger partial charge in [-0.15, -0.1) is 0 Å².